The number of halogens is 1. The van der Waals surface area contributed by atoms with E-state index in [9.17, 15) is 9.18 Å². The van der Waals surface area contributed by atoms with Crippen molar-refractivity contribution < 1.29 is 9.18 Å². The monoisotopic (exact) mass is 348 g/mol. The predicted octanol–water partition coefficient (Wildman–Crippen LogP) is 3.51. The maximum absolute atomic E-state index is 12.8. The van der Waals surface area contributed by atoms with E-state index in [1.807, 2.05) is 26.8 Å². The van der Waals surface area contributed by atoms with Gasteiger partial charge in [-0.3, -0.25) is 9.89 Å². The van der Waals surface area contributed by atoms with Gasteiger partial charge < -0.3 is 5.32 Å². The molecule has 0 aliphatic heterocycles. The zero-order valence-corrected chi connectivity index (χ0v) is 14.8. The summed E-state index contributed by atoms with van der Waals surface area (Å²) >= 11 is 1.28. The molecule has 0 fully saturated rings. The van der Waals surface area contributed by atoms with Gasteiger partial charge in [0, 0.05) is 5.54 Å². The first-order valence-corrected chi connectivity index (χ1v) is 8.66. The lowest BCUT2D eigenvalue weighted by atomic mass is 10.0. The molecule has 0 atom stereocenters. The quantitative estimate of drug-likeness (QED) is 0.751. The summed E-state index contributed by atoms with van der Waals surface area (Å²) in [6, 6.07) is 6.16. The van der Waals surface area contributed by atoms with Gasteiger partial charge in [0.05, 0.1) is 5.75 Å². The largest absolute Gasteiger partial charge is 0.351 e. The number of benzene rings is 1. The molecule has 24 heavy (non-hydrogen) atoms. The molecule has 2 aromatic rings. The third-order valence-corrected chi connectivity index (χ3v) is 4.33. The van der Waals surface area contributed by atoms with Crippen molar-refractivity contribution >= 4 is 29.8 Å². The van der Waals surface area contributed by atoms with Crippen LogP contribution in [0.1, 0.15) is 38.6 Å². The van der Waals surface area contributed by atoms with Crippen LogP contribution in [0.25, 0.3) is 12.2 Å². The molecule has 0 spiro atoms. The number of nitrogens with zero attached hydrogens (tertiary/aromatic N) is 2. The van der Waals surface area contributed by atoms with Crippen LogP contribution in [-0.4, -0.2) is 32.4 Å². The fourth-order valence-electron chi connectivity index (χ4n) is 1.78. The average molecular weight is 348 g/mol. The molecule has 1 amide bonds. The Kier molecular flexibility index (Phi) is 6.14. The first kappa shape index (κ1) is 18.2. The Morgan fingerprint density at radius 1 is 1.33 bits per heavy atom. The Bertz CT molecular complexity index is 710. The van der Waals surface area contributed by atoms with Gasteiger partial charge in [0.15, 0.2) is 0 Å². The normalized spacial score (nSPS) is 11.8. The van der Waals surface area contributed by atoms with Crippen LogP contribution >= 0.6 is 11.8 Å². The summed E-state index contributed by atoms with van der Waals surface area (Å²) in [4.78, 5) is 16.2. The molecular formula is C17H21FN4OS. The zero-order chi connectivity index (χ0) is 17.6. The van der Waals surface area contributed by atoms with Crippen LogP contribution in [0, 0.1) is 5.82 Å². The second-order valence-corrected chi connectivity index (χ2v) is 6.90. The summed E-state index contributed by atoms with van der Waals surface area (Å²) in [5, 5.41) is 10.3. The van der Waals surface area contributed by atoms with Gasteiger partial charge in [-0.15, -0.1) is 5.10 Å². The first-order chi connectivity index (χ1) is 11.4. The third-order valence-electron chi connectivity index (χ3n) is 3.48. The smallest absolute Gasteiger partial charge is 0.230 e. The minimum absolute atomic E-state index is 0.0416. The molecule has 0 saturated carbocycles. The van der Waals surface area contributed by atoms with Crippen molar-refractivity contribution in [1.29, 1.82) is 0 Å². The van der Waals surface area contributed by atoms with Crippen LogP contribution in [0.3, 0.4) is 0 Å². The molecule has 7 heteroatoms. The van der Waals surface area contributed by atoms with Gasteiger partial charge in [0.1, 0.15) is 11.6 Å². The summed E-state index contributed by atoms with van der Waals surface area (Å²) in [5.74, 6) is 0.536. The fourth-order valence-corrected chi connectivity index (χ4v) is 2.38. The van der Waals surface area contributed by atoms with Crippen molar-refractivity contribution in [3.8, 4) is 0 Å². The number of aromatic nitrogens is 3. The highest BCUT2D eigenvalue weighted by atomic mass is 32.2. The van der Waals surface area contributed by atoms with Gasteiger partial charge in [0.25, 0.3) is 0 Å². The molecule has 1 heterocycles. The summed E-state index contributed by atoms with van der Waals surface area (Å²) in [7, 11) is 0. The van der Waals surface area contributed by atoms with Crippen LogP contribution < -0.4 is 5.32 Å². The van der Waals surface area contributed by atoms with Crippen molar-refractivity contribution in [2.24, 2.45) is 0 Å². The number of amides is 1. The summed E-state index contributed by atoms with van der Waals surface area (Å²) in [6.45, 7) is 6.00. The Hall–Kier alpha value is -2.15. The number of carbonyl (C=O) groups is 1. The molecule has 0 radical (unpaired) electrons. The number of thioether (sulfide) groups is 1. The second-order valence-electron chi connectivity index (χ2n) is 5.96. The van der Waals surface area contributed by atoms with Gasteiger partial charge in [-0.05, 0) is 44.0 Å². The number of hydrogen-bond donors (Lipinski definition) is 2. The zero-order valence-electron chi connectivity index (χ0n) is 14.0. The number of nitrogens with one attached hydrogen (secondary N) is 2. The summed E-state index contributed by atoms with van der Waals surface area (Å²) < 4.78 is 12.8. The summed E-state index contributed by atoms with van der Waals surface area (Å²) in [5.41, 5.74) is 0.655. The van der Waals surface area contributed by atoms with Crippen LogP contribution in [-0.2, 0) is 4.79 Å². The highest BCUT2D eigenvalue weighted by Crippen LogP contribution is 2.14. The van der Waals surface area contributed by atoms with Gasteiger partial charge in [-0.2, -0.15) is 0 Å². The molecular weight excluding hydrogens is 327 g/mol. The molecule has 2 N–H and O–H groups in total. The maximum Gasteiger partial charge on any atom is 0.230 e. The predicted molar refractivity (Wildman–Crippen MR) is 94.9 cm³/mol. The molecule has 1 aromatic carbocycles. The molecule has 0 bridgehead atoms. The van der Waals surface area contributed by atoms with Crippen molar-refractivity contribution in [2.45, 2.75) is 37.9 Å². The lowest BCUT2D eigenvalue weighted by Crippen LogP contribution is -2.43. The summed E-state index contributed by atoms with van der Waals surface area (Å²) in [6.07, 6.45) is 4.43. The lowest BCUT2D eigenvalue weighted by Gasteiger charge is -2.24. The van der Waals surface area contributed by atoms with E-state index in [1.54, 1.807) is 18.2 Å². The molecule has 128 valence electrons. The van der Waals surface area contributed by atoms with Crippen molar-refractivity contribution in [1.82, 2.24) is 20.5 Å². The highest BCUT2D eigenvalue weighted by molar-refractivity contribution is 7.99. The fraction of sp³-hybridized carbons (Fsp3) is 0.353. The number of carbonyl (C=O) groups excluding carboxylic acids is 1. The minimum atomic E-state index is -0.268. The second kappa shape index (κ2) is 8.10. The Balaban J connectivity index is 1.87. The maximum atomic E-state index is 12.8. The van der Waals surface area contributed by atoms with Crippen LogP contribution in [0.2, 0.25) is 0 Å². The minimum Gasteiger partial charge on any atom is -0.351 e. The van der Waals surface area contributed by atoms with E-state index < -0.39 is 0 Å². The van der Waals surface area contributed by atoms with Gasteiger partial charge >= 0.3 is 0 Å². The average Bonchev–Trinajstić information content (AvgIpc) is 3.00. The molecule has 5 nitrogen and oxygen atoms in total. The molecule has 0 aliphatic carbocycles. The van der Waals surface area contributed by atoms with E-state index in [0.717, 1.165) is 12.0 Å². The number of aromatic amines is 1. The lowest BCUT2D eigenvalue weighted by molar-refractivity contribution is -0.120. The SMILES string of the molecule is CCC(C)(C)NC(=O)CSc1n[nH]c(C=Cc2ccc(F)cc2)n1. The number of hydrogen-bond acceptors (Lipinski definition) is 4. The van der Waals surface area contributed by atoms with Gasteiger partial charge in [-0.1, -0.05) is 36.9 Å². The van der Waals surface area contributed by atoms with Crippen molar-refractivity contribution in [2.75, 3.05) is 5.75 Å². The molecule has 1 aromatic heterocycles. The third kappa shape index (κ3) is 5.81. The standard InChI is InChI=1S/C17H21FN4OS/c1-4-17(2,3)20-15(23)11-24-16-19-14(21-22-16)10-7-12-5-8-13(18)9-6-12/h5-10H,4,11H2,1-3H3,(H,20,23)(H,19,21,22). The van der Waals surface area contributed by atoms with Crippen LogP contribution in [0.4, 0.5) is 4.39 Å². The van der Waals surface area contributed by atoms with E-state index >= 15 is 0 Å². The molecule has 0 unspecified atom stereocenters. The van der Waals surface area contributed by atoms with E-state index in [1.165, 1.54) is 23.9 Å². The van der Waals surface area contributed by atoms with E-state index in [0.29, 0.717) is 11.0 Å². The van der Waals surface area contributed by atoms with Crippen molar-refractivity contribution in [3.63, 3.8) is 0 Å². The van der Waals surface area contributed by atoms with E-state index in [-0.39, 0.29) is 23.0 Å². The van der Waals surface area contributed by atoms with Crippen LogP contribution in [0.5, 0.6) is 0 Å². The molecule has 2 rings (SSSR count). The van der Waals surface area contributed by atoms with E-state index in [2.05, 4.69) is 20.5 Å². The Morgan fingerprint density at radius 2 is 2.04 bits per heavy atom. The first-order valence-electron chi connectivity index (χ1n) is 7.68. The van der Waals surface area contributed by atoms with Crippen molar-refractivity contribution in [3.05, 3.63) is 41.5 Å². The van der Waals surface area contributed by atoms with Crippen LogP contribution in [0.15, 0.2) is 29.4 Å². The highest BCUT2D eigenvalue weighted by Gasteiger charge is 2.18. The number of rotatable bonds is 7. The number of H-pyrrole nitrogens is 1. The topological polar surface area (TPSA) is 70.7 Å². The Labute approximate surface area is 145 Å². The molecule has 0 saturated heterocycles. The van der Waals surface area contributed by atoms with Gasteiger partial charge in [-0.25, -0.2) is 9.37 Å². The van der Waals surface area contributed by atoms with E-state index in [4.69, 9.17) is 0 Å². The molecule has 0 aliphatic rings. The Morgan fingerprint density at radius 3 is 2.71 bits per heavy atom. The van der Waals surface area contributed by atoms with Gasteiger partial charge in [0.2, 0.25) is 11.1 Å².